The number of rotatable bonds is 1. The summed E-state index contributed by atoms with van der Waals surface area (Å²) in [5, 5.41) is 0. The summed E-state index contributed by atoms with van der Waals surface area (Å²) in [6, 6.07) is 48.4. The lowest BCUT2D eigenvalue weighted by atomic mass is 9.86. The standard InChI is InChI=1S/C12H18.C11H16.4C10H15N.3C9H13N.9CH4/c1-5-10-7-6-8-11(9-10)12(2,3)4;1-9-6-5-7-10(8-9)11(2,3)4;1-8-5-9(7-11-6-8)10(2,3)4;1-8-7-9(5-6-11-8)10(2,3)4;1-8-5-6-11-9(7-8)10(2,3)4;1-8-6-5-7-9(11-8)10(2,3)4;2*1-9(2,3)8-5-4-6-10-7-8;1-9(2,3)8-6-4-5-7-10-8;;;;;;;;;/h6-9H,5H2,1-4H3;5-8H,1-4H3;4*5-7H,1-4H3;3*4-7H,1-3H3;9*1H4. The highest BCUT2D eigenvalue weighted by Gasteiger charge is 2.19. The van der Waals surface area contributed by atoms with Gasteiger partial charge in [-0.15, -0.1) is 0 Å². The van der Waals surface area contributed by atoms with Gasteiger partial charge in [-0.2, -0.15) is 0 Å². The van der Waals surface area contributed by atoms with E-state index in [1.54, 1.807) is 12.4 Å². The van der Waals surface area contributed by atoms with Crippen molar-refractivity contribution in [3.8, 4) is 0 Å². The molecule has 9 rings (SSSR count). The van der Waals surface area contributed by atoms with E-state index in [0.29, 0.717) is 0 Å². The molecule has 0 amide bonds. The minimum absolute atomic E-state index is 0. The molecular formula is C99H169N7. The Labute approximate surface area is 661 Å². The molecule has 0 N–H and O–H groups in total. The summed E-state index contributed by atoms with van der Waals surface area (Å²) in [7, 11) is 0. The smallest absolute Gasteiger partial charge is 0.0460 e. The number of aromatic nitrogens is 7. The molecule has 0 spiro atoms. The minimum atomic E-state index is 0. The zero-order valence-electron chi connectivity index (χ0n) is 67.3. The maximum absolute atomic E-state index is 4.44. The highest BCUT2D eigenvalue weighted by molar-refractivity contribution is 5.30. The van der Waals surface area contributed by atoms with Gasteiger partial charge in [0.05, 0.1) is 0 Å². The van der Waals surface area contributed by atoms with Crippen LogP contribution in [-0.2, 0) is 55.2 Å². The van der Waals surface area contributed by atoms with Crippen molar-refractivity contribution >= 4 is 0 Å². The third-order valence-corrected chi connectivity index (χ3v) is 15.4. The van der Waals surface area contributed by atoms with Gasteiger partial charge in [0.2, 0.25) is 0 Å². The third-order valence-electron chi connectivity index (χ3n) is 15.4. The van der Waals surface area contributed by atoms with Gasteiger partial charge in [-0.1, -0.05) is 345 Å². The molecule has 0 aliphatic carbocycles. The highest BCUT2D eigenvalue weighted by Crippen LogP contribution is 2.27. The van der Waals surface area contributed by atoms with E-state index >= 15 is 0 Å². The lowest BCUT2D eigenvalue weighted by Gasteiger charge is -2.19. The van der Waals surface area contributed by atoms with Crippen LogP contribution < -0.4 is 0 Å². The molecule has 0 atom stereocenters. The van der Waals surface area contributed by atoms with Crippen molar-refractivity contribution in [2.24, 2.45) is 0 Å². The van der Waals surface area contributed by atoms with Gasteiger partial charge in [0.1, 0.15) is 0 Å². The number of aryl methyl sites for hydroxylation is 6. The lowest BCUT2D eigenvalue weighted by Crippen LogP contribution is -2.13. The van der Waals surface area contributed by atoms with Crippen molar-refractivity contribution in [3.63, 3.8) is 0 Å². The van der Waals surface area contributed by atoms with Gasteiger partial charge >= 0.3 is 0 Å². The Kier molecular flexibility index (Phi) is 57.9. The Morgan fingerprint density at radius 1 is 0.236 bits per heavy atom. The molecule has 7 heterocycles. The number of hydrogen-bond acceptors (Lipinski definition) is 7. The quantitative estimate of drug-likeness (QED) is 0.162. The van der Waals surface area contributed by atoms with Gasteiger partial charge in [0.25, 0.3) is 0 Å². The van der Waals surface area contributed by atoms with Crippen LogP contribution in [-0.4, -0.2) is 34.9 Å². The van der Waals surface area contributed by atoms with E-state index in [-0.39, 0.29) is 116 Å². The fourth-order valence-electron chi connectivity index (χ4n) is 8.67. The number of pyridine rings is 7. The van der Waals surface area contributed by atoms with Gasteiger partial charge in [-0.05, 0) is 184 Å². The van der Waals surface area contributed by atoms with Crippen LogP contribution in [0.15, 0.2) is 195 Å². The Hall–Kier alpha value is -7.51. The summed E-state index contributed by atoms with van der Waals surface area (Å²) in [6.45, 7) is 71.9. The highest BCUT2D eigenvalue weighted by atomic mass is 14.7. The second-order valence-corrected chi connectivity index (χ2v) is 34.7. The molecule has 0 saturated heterocycles. The summed E-state index contributed by atoms with van der Waals surface area (Å²) in [4.78, 5) is 29.4. The van der Waals surface area contributed by atoms with Crippen LogP contribution in [0.1, 0.15) is 345 Å². The molecule has 0 radical (unpaired) electrons. The first kappa shape index (κ1) is 117. The zero-order chi connectivity index (χ0) is 74.4. The van der Waals surface area contributed by atoms with Crippen LogP contribution in [0.25, 0.3) is 0 Å². The monoisotopic (exact) mass is 1460 g/mol. The molecule has 2 aromatic carbocycles. The predicted octanol–water partition coefficient (Wildman–Crippen LogP) is 30.5. The van der Waals surface area contributed by atoms with Gasteiger partial charge < -0.3 is 0 Å². The molecule has 9 aromatic rings. The van der Waals surface area contributed by atoms with Gasteiger partial charge in [-0.3, -0.25) is 34.9 Å². The van der Waals surface area contributed by atoms with Crippen LogP contribution in [0.5, 0.6) is 0 Å². The summed E-state index contributed by atoms with van der Waals surface area (Å²) >= 11 is 0. The molecule has 0 saturated carbocycles. The molecule has 7 heteroatoms. The van der Waals surface area contributed by atoms with Crippen LogP contribution in [0.4, 0.5) is 0 Å². The maximum Gasteiger partial charge on any atom is 0.0460 e. The molecule has 106 heavy (non-hydrogen) atoms. The Balaban J connectivity index is -0.000000141. The second-order valence-electron chi connectivity index (χ2n) is 34.7. The summed E-state index contributed by atoms with van der Waals surface area (Å²) in [5.41, 5.74) is 21.1. The molecule has 7 aromatic heterocycles. The second kappa shape index (κ2) is 52.5. The minimum Gasteiger partial charge on any atom is -0.264 e. The Bertz CT molecular complexity index is 3160. The number of hydrogen-bond donors (Lipinski definition) is 0. The van der Waals surface area contributed by atoms with E-state index in [1.165, 1.54) is 55.6 Å². The van der Waals surface area contributed by atoms with E-state index in [2.05, 4.69) is 353 Å². The van der Waals surface area contributed by atoms with Crippen molar-refractivity contribution < 1.29 is 0 Å². The van der Waals surface area contributed by atoms with Crippen LogP contribution in [0.3, 0.4) is 0 Å². The maximum atomic E-state index is 4.44. The first-order valence-electron chi connectivity index (χ1n) is 35.0. The molecule has 0 aliphatic rings. The van der Waals surface area contributed by atoms with Crippen molar-refractivity contribution in [1.29, 1.82) is 0 Å². The van der Waals surface area contributed by atoms with Gasteiger partial charge in [0.15, 0.2) is 0 Å². The Morgan fingerprint density at radius 2 is 0.604 bits per heavy atom. The van der Waals surface area contributed by atoms with E-state index in [0.717, 1.165) is 34.9 Å². The fraction of sp³-hybridized carbons (Fsp3) is 0.525. The summed E-state index contributed by atoms with van der Waals surface area (Å²) < 4.78 is 0. The van der Waals surface area contributed by atoms with Gasteiger partial charge in [0, 0.05) is 100 Å². The summed E-state index contributed by atoms with van der Waals surface area (Å²) in [6.07, 6.45) is 18.0. The van der Waals surface area contributed by atoms with Crippen LogP contribution >= 0.6 is 0 Å². The average molecular weight is 1460 g/mol. The van der Waals surface area contributed by atoms with Crippen molar-refractivity contribution in [3.05, 3.63) is 279 Å². The fourth-order valence-corrected chi connectivity index (χ4v) is 8.67. The molecule has 0 bridgehead atoms. The third kappa shape index (κ3) is 50.1. The first-order chi connectivity index (χ1) is 44.3. The van der Waals surface area contributed by atoms with Crippen molar-refractivity contribution in [1.82, 2.24) is 34.9 Å². The molecule has 0 fully saturated rings. The molecule has 600 valence electrons. The summed E-state index contributed by atoms with van der Waals surface area (Å²) in [5.74, 6) is 0. The van der Waals surface area contributed by atoms with Crippen molar-refractivity contribution in [2.45, 2.75) is 350 Å². The van der Waals surface area contributed by atoms with E-state index < -0.39 is 0 Å². The van der Waals surface area contributed by atoms with E-state index in [1.807, 2.05) is 93.6 Å². The lowest BCUT2D eigenvalue weighted by molar-refractivity contribution is 0.567. The molecular weight excluding hydrogens is 1290 g/mol. The number of nitrogens with zero attached hydrogens (tertiary/aromatic N) is 7. The molecule has 0 aliphatic heterocycles. The normalized spacial score (nSPS) is 10.6. The first-order valence-corrected chi connectivity index (χ1v) is 35.0. The molecule has 7 nitrogen and oxygen atoms in total. The van der Waals surface area contributed by atoms with E-state index in [9.17, 15) is 0 Å². The zero-order valence-corrected chi connectivity index (χ0v) is 67.3. The predicted molar refractivity (Wildman–Crippen MR) is 484 cm³/mol. The SMILES string of the molecule is C.C.C.C.C.C.C.C.C.CC(C)(C)c1ccccn1.CC(C)(C)c1cccnc1.CC(C)(C)c1cccnc1.CCc1cccc(C(C)(C)C)c1.Cc1cc(C(C)(C)C)ccn1.Cc1cccc(C(C)(C)C)c1.Cc1cccc(C(C)(C)C)n1.Cc1ccnc(C(C)(C)C)c1.Cc1cncc(C(C)(C)C)c1. The van der Waals surface area contributed by atoms with Crippen LogP contribution in [0.2, 0.25) is 0 Å². The van der Waals surface area contributed by atoms with E-state index in [4.69, 9.17) is 0 Å². The average Bonchev–Trinajstić information content (AvgIpc) is 0.887. The van der Waals surface area contributed by atoms with Crippen molar-refractivity contribution in [2.75, 3.05) is 0 Å². The number of benzene rings is 2. The largest absolute Gasteiger partial charge is 0.264 e. The topological polar surface area (TPSA) is 90.2 Å². The van der Waals surface area contributed by atoms with Gasteiger partial charge in [-0.25, -0.2) is 0 Å². The molecule has 0 unspecified atom stereocenters. The Morgan fingerprint density at radius 3 is 0.896 bits per heavy atom. The van der Waals surface area contributed by atoms with Crippen LogP contribution in [0, 0.1) is 34.6 Å².